The first-order valence-electron chi connectivity index (χ1n) is 7.56. The smallest absolute Gasteiger partial charge is 0.241 e. The van der Waals surface area contributed by atoms with Crippen LogP contribution in [0.2, 0.25) is 0 Å². The van der Waals surface area contributed by atoms with Crippen LogP contribution < -0.4 is 5.32 Å². The highest BCUT2D eigenvalue weighted by atomic mass is 79.9. The quantitative estimate of drug-likeness (QED) is 0.835. The van der Waals surface area contributed by atoms with Crippen molar-refractivity contribution in [3.63, 3.8) is 0 Å². The molecule has 3 rings (SSSR count). The van der Waals surface area contributed by atoms with Crippen LogP contribution >= 0.6 is 15.9 Å². The Hall–Kier alpha value is -1.14. The molecule has 21 heavy (non-hydrogen) atoms. The molecule has 114 valence electrons. The highest BCUT2D eigenvalue weighted by Crippen LogP contribution is 2.35. The maximum absolute atomic E-state index is 5.04. The average Bonchev–Trinajstić information content (AvgIpc) is 2.85. The Morgan fingerprint density at radius 1 is 1.38 bits per heavy atom. The van der Waals surface area contributed by atoms with Crippen LogP contribution in [-0.4, -0.2) is 34.9 Å². The number of nitrogens with zero attached hydrogens (tertiary/aromatic N) is 3. The standard InChI is InChI=1S/C15H21BrN4O/c1-21-8-7-17-15-18-10-14-12(16)9-13(20(14)19-15)11-5-3-2-4-6-11/h9-11H,2-8H2,1H3,(H,17,19). The third-order valence-corrected chi connectivity index (χ3v) is 4.74. The van der Waals surface area contributed by atoms with Gasteiger partial charge < -0.3 is 10.1 Å². The first-order valence-corrected chi connectivity index (χ1v) is 8.36. The lowest BCUT2D eigenvalue weighted by molar-refractivity contribution is 0.210. The lowest BCUT2D eigenvalue weighted by Crippen LogP contribution is -2.13. The van der Waals surface area contributed by atoms with Crippen molar-refractivity contribution in [3.05, 3.63) is 22.4 Å². The molecule has 1 aliphatic carbocycles. The monoisotopic (exact) mass is 352 g/mol. The molecular formula is C15H21BrN4O. The third-order valence-electron chi connectivity index (χ3n) is 4.11. The first kappa shape index (κ1) is 14.8. The normalized spacial score (nSPS) is 16.5. The molecule has 2 aromatic heterocycles. The molecule has 2 aromatic rings. The van der Waals surface area contributed by atoms with E-state index in [1.807, 2.05) is 10.7 Å². The zero-order valence-electron chi connectivity index (χ0n) is 12.3. The minimum Gasteiger partial charge on any atom is -0.383 e. The molecule has 0 aliphatic heterocycles. The van der Waals surface area contributed by atoms with Gasteiger partial charge in [0.15, 0.2) is 0 Å². The van der Waals surface area contributed by atoms with Crippen LogP contribution in [0.5, 0.6) is 0 Å². The fraction of sp³-hybridized carbons (Fsp3) is 0.600. The molecule has 0 amide bonds. The highest BCUT2D eigenvalue weighted by molar-refractivity contribution is 9.10. The predicted octanol–water partition coefficient (Wildman–Crippen LogP) is 3.60. The molecule has 1 fully saturated rings. The zero-order chi connectivity index (χ0) is 14.7. The van der Waals surface area contributed by atoms with E-state index in [-0.39, 0.29) is 0 Å². The van der Waals surface area contributed by atoms with Crippen molar-refractivity contribution in [1.29, 1.82) is 0 Å². The Kier molecular flexibility index (Phi) is 4.75. The minimum absolute atomic E-state index is 0.610. The number of anilines is 1. The van der Waals surface area contributed by atoms with Crippen LogP contribution in [0.3, 0.4) is 0 Å². The van der Waals surface area contributed by atoms with Crippen LogP contribution in [-0.2, 0) is 4.74 Å². The van der Waals surface area contributed by atoms with Crippen LogP contribution in [0.25, 0.3) is 5.52 Å². The van der Waals surface area contributed by atoms with Gasteiger partial charge in [-0.15, -0.1) is 5.10 Å². The van der Waals surface area contributed by atoms with Crippen molar-refractivity contribution in [3.8, 4) is 0 Å². The molecule has 6 heteroatoms. The molecule has 0 unspecified atom stereocenters. The number of halogens is 1. The number of fused-ring (bicyclic) bond motifs is 1. The van der Waals surface area contributed by atoms with Gasteiger partial charge >= 0.3 is 0 Å². The van der Waals surface area contributed by atoms with Crippen molar-refractivity contribution in [1.82, 2.24) is 14.6 Å². The van der Waals surface area contributed by atoms with E-state index in [1.165, 1.54) is 37.8 Å². The maximum atomic E-state index is 5.04. The lowest BCUT2D eigenvalue weighted by Gasteiger charge is -2.21. The van der Waals surface area contributed by atoms with E-state index in [4.69, 9.17) is 4.74 Å². The number of ether oxygens (including phenoxy) is 1. The van der Waals surface area contributed by atoms with Gasteiger partial charge in [-0.1, -0.05) is 19.3 Å². The number of hydrogen-bond donors (Lipinski definition) is 1. The largest absolute Gasteiger partial charge is 0.383 e. The number of nitrogens with one attached hydrogen (secondary N) is 1. The van der Waals surface area contributed by atoms with E-state index >= 15 is 0 Å². The van der Waals surface area contributed by atoms with Gasteiger partial charge in [0.25, 0.3) is 0 Å². The van der Waals surface area contributed by atoms with Gasteiger partial charge in [-0.25, -0.2) is 9.50 Å². The third kappa shape index (κ3) is 3.21. The Morgan fingerprint density at radius 3 is 2.95 bits per heavy atom. The molecule has 0 aromatic carbocycles. The topological polar surface area (TPSA) is 51.5 Å². The number of methoxy groups -OCH3 is 1. The van der Waals surface area contributed by atoms with Gasteiger partial charge in [0.2, 0.25) is 5.95 Å². The van der Waals surface area contributed by atoms with Crippen molar-refractivity contribution < 1.29 is 4.74 Å². The summed E-state index contributed by atoms with van der Waals surface area (Å²) >= 11 is 3.63. The van der Waals surface area contributed by atoms with Crippen molar-refractivity contribution in [2.75, 3.05) is 25.6 Å². The van der Waals surface area contributed by atoms with Crippen LogP contribution in [0.1, 0.15) is 43.7 Å². The molecule has 0 atom stereocenters. The summed E-state index contributed by atoms with van der Waals surface area (Å²) in [5.74, 6) is 1.26. The lowest BCUT2D eigenvalue weighted by atomic mass is 9.87. The summed E-state index contributed by atoms with van der Waals surface area (Å²) in [4.78, 5) is 4.37. The van der Waals surface area contributed by atoms with Gasteiger partial charge in [0, 0.05) is 29.7 Å². The fourth-order valence-electron chi connectivity index (χ4n) is 3.01. The van der Waals surface area contributed by atoms with Gasteiger partial charge in [0.05, 0.1) is 18.3 Å². The predicted molar refractivity (Wildman–Crippen MR) is 86.9 cm³/mol. The second-order valence-corrected chi connectivity index (χ2v) is 6.40. The summed E-state index contributed by atoms with van der Waals surface area (Å²) in [5, 5.41) is 7.85. The van der Waals surface area contributed by atoms with E-state index in [9.17, 15) is 0 Å². The summed E-state index contributed by atoms with van der Waals surface area (Å²) in [6.07, 6.45) is 8.39. The Morgan fingerprint density at radius 2 is 2.19 bits per heavy atom. The molecule has 2 heterocycles. The molecule has 0 saturated heterocycles. The molecule has 0 bridgehead atoms. The molecule has 5 nitrogen and oxygen atoms in total. The van der Waals surface area contributed by atoms with Gasteiger partial charge in [-0.05, 0) is 34.8 Å². The van der Waals surface area contributed by atoms with E-state index in [0.717, 1.165) is 9.99 Å². The molecule has 1 saturated carbocycles. The minimum atomic E-state index is 0.610. The second kappa shape index (κ2) is 6.75. The summed E-state index contributed by atoms with van der Waals surface area (Å²) < 4.78 is 8.16. The average molecular weight is 353 g/mol. The van der Waals surface area contributed by atoms with E-state index < -0.39 is 0 Å². The number of rotatable bonds is 5. The van der Waals surface area contributed by atoms with Crippen molar-refractivity contribution >= 4 is 27.4 Å². The molecule has 0 radical (unpaired) electrons. The number of aromatic nitrogens is 3. The summed E-state index contributed by atoms with van der Waals surface area (Å²) in [5.41, 5.74) is 2.33. The van der Waals surface area contributed by atoms with Crippen molar-refractivity contribution in [2.24, 2.45) is 0 Å². The Labute approximate surface area is 133 Å². The summed E-state index contributed by atoms with van der Waals surface area (Å²) in [6.45, 7) is 1.36. The Bertz CT molecular complexity index is 607. The fourth-order valence-corrected chi connectivity index (χ4v) is 3.52. The molecular weight excluding hydrogens is 332 g/mol. The van der Waals surface area contributed by atoms with Gasteiger partial charge in [0.1, 0.15) is 0 Å². The van der Waals surface area contributed by atoms with Gasteiger partial charge in [-0.3, -0.25) is 0 Å². The molecule has 1 aliphatic rings. The van der Waals surface area contributed by atoms with Crippen LogP contribution in [0.4, 0.5) is 5.95 Å². The summed E-state index contributed by atoms with van der Waals surface area (Å²) in [7, 11) is 1.69. The van der Waals surface area contributed by atoms with Crippen LogP contribution in [0.15, 0.2) is 16.7 Å². The maximum Gasteiger partial charge on any atom is 0.241 e. The molecule has 0 spiro atoms. The zero-order valence-corrected chi connectivity index (χ0v) is 13.9. The van der Waals surface area contributed by atoms with E-state index in [0.29, 0.717) is 25.0 Å². The SMILES string of the molecule is COCCNc1ncc2c(Br)cc(C3CCCCC3)n2n1. The van der Waals surface area contributed by atoms with Crippen LogP contribution in [0, 0.1) is 0 Å². The summed E-state index contributed by atoms with van der Waals surface area (Å²) in [6, 6.07) is 2.21. The first-order chi connectivity index (χ1) is 10.3. The van der Waals surface area contributed by atoms with E-state index in [1.54, 1.807) is 7.11 Å². The molecule has 1 N–H and O–H groups in total. The number of hydrogen-bond acceptors (Lipinski definition) is 4. The second-order valence-electron chi connectivity index (χ2n) is 5.55. The Balaban J connectivity index is 1.90. The van der Waals surface area contributed by atoms with E-state index in [2.05, 4.69) is 37.4 Å². The van der Waals surface area contributed by atoms with Crippen molar-refractivity contribution in [2.45, 2.75) is 38.0 Å². The van der Waals surface area contributed by atoms with Gasteiger partial charge in [-0.2, -0.15) is 0 Å². The highest BCUT2D eigenvalue weighted by Gasteiger charge is 2.21.